The van der Waals surface area contributed by atoms with Crippen LogP contribution < -0.4 is 11.5 Å². The van der Waals surface area contributed by atoms with Crippen LogP contribution in [0.15, 0.2) is 23.5 Å². The molecule has 0 bridgehead atoms. The highest BCUT2D eigenvalue weighted by Gasteiger charge is 1.97. The molecular formula is C8H16N2. The van der Waals surface area contributed by atoms with Crippen molar-refractivity contribution in [3.8, 4) is 0 Å². The molecule has 1 aliphatic carbocycles. The van der Waals surface area contributed by atoms with Crippen LogP contribution in [0.1, 0.15) is 26.7 Å². The van der Waals surface area contributed by atoms with Gasteiger partial charge >= 0.3 is 0 Å². The lowest BCUT2D eigenvalue weighted by Gasteiger charge is -2.05. The molecule has 0 amide bonds. The summed E-state index contributed by atoms with van der Waals surface area (Å²) in [6.45, 7) is 4.00. The van der Waals surface area contributed by atoms with Crippen LogP contribution in [0.3, 0.4) is 0 Å². The zero-order valence-corrected chi connectivity index (χ0v) is 6.72. The molecule has 0 saturated heterocycles. The lowest BCUT2D eigenvalue weighted by molar-refractivity contribution is 0.974. The Morgan fingerprint density at radius 2 is 1.30 bits per heavy atom. The van der Waals surface area contributed by atoms with Gasteiger partial charge in [-0.2, -0.15) is 0 Å². The van der Waals surface area contributed by atoms with Crippen LogP contribution in [-0.4, -0.2) is 0 Å². The Balaban J connectivity index is 0.000000371. The third-order valence-electron chi connectivity index (χ3n) is 1.23. The normalized spacial score (nSPS) is 16.2. The highest BCUT2D eigenvalue weighted by Crippen LogP contribution is 2.08. The Bertz CT molecular complexity index is 127. The van der Waals surface area contributed by atoms with E-state index in [4.69, 9.17) is 11.5 Å². The monoisotopic (exact) mass is 140 g/mol. The molecule has 1 aliphatic rings. The molecule has 2 heteroatoms. The number of rotatable bonds is 0. The average molecular weight is 140 g/mol. The molecule has 2 nitrogen and oxygen atoms in total. The van der Waals surface area contributed by atoms with Gasteiger partial charge in [0.2, 0.25) is 0 Å². The highest BCUT2D eigenvalue weighted by molar-refractivity contribution is 5.27. The van der Waals surface area contributed by atoms with E-state index in [1.54, 1.807) is 0 Å². The summed E-state index contributed by atoms with van der Waals surface area (Å²) in [7, 11) is 0. The second-order valence-corrected chi connectivity index (χ2v) is 1.90. The van der Waals surface area contributed by atoms with Gasteiger partial charge in [0, 0.05) is 0 Å². The molecule has 0 unspecified atom stereocenters. The summed E-state index contributed by atoms with van der Waals surface area (Å²) in [5.41, 5.74) is 12.4. The molecule has 4 N–H and O–H groups in total. The quantitative estimate of drug-likeness (QED) is 0.535. The Hall–Kier alpha value is -0.920. The van der Waals surface area contributed by atoms with E-state index in [1.807, 2.05) is 26.0 Å². The third-order valence-corrected chi connectivity index (χ3v) is 1.23. The summed E-state index contributed by atoms with van der Waals surface area (Å²) in [4.78, 5) is 0. The van der Waals surface area contributed by atoms with Gasteiger partial charge in [0.25, 0.3) is 0 Å². The molecule has 58 valence electrons. The van der Waals surface area contributed by atoms with E-state index < -0.39 is 0 Å². The van der Waals surface area contributed by atoms with Crippen LogP contribution in [0.5, 0.6) is 0 Å². The van der Waals surface area contributed by atoms with Crippen molar-refractivity contribution in [2.75, 3.05) is 0 Å². The first kappa shape index (κ1) is 9.08. The molecule has 1 rings (SSSR count). The van der Waals surface area contributed by atoms with Crippen molar-refractivity contribution in [2.45, 2.75) is 26.7 Å². The van der Waals surface area contributed by atoms with Crippen LogP contribution in [0.4, 0.5) is 0 Å². The van der Waals surface area contributed by atoms with Crippen LogP contribution in [0.25, 0.3) is 0 Å². The predicted molar refractivity (Wildman–Crippen MR) is 45.1 cm³/mol. The van der Waals surface area contributed by atoms with Gasteiger partial charge in [-0.1, -0.05) is 26.0 Å². The van der Waals surface area contributed by atoms with Crippen molar-refractivity contribution in [1.82, 2.24) is 0 Å². The maximum atomic E-state index is 5.45. The zero-order valence-electron chi connectivity index (χ0n) is 6.72. The number of hydrogen-bond acceptors (Lipinski definition) is 2. The number of nitrogens with two attached hydrogens (primary N) is 2. The molecule has 0 aromatic heterocycles. The summed E-state index contributed by atoms with van der Waals surface area (Å²) >= 11 is 0. The Morgan fingerprint density at radius 1 is 1.00 bits per heavy atom. The molecule has 0 fully saturated rings. The van der Waals surface area contributed by atoms with Gasteiger partial charge in [-0.05, 0) is 12.8 Å². The van der Waals surface area contributed by atoms with Gasteiger partial charge < -0.3 is 11.5 Å². The van der Waals surface area contributed by atoms with Gasteiger partial charge in [0.05, 0.1) is 11.4 Å². The average Bonchev–Trinajstić information content (AvgIpc) is 2.00. The first-order chi connectivity index (χ1) is 4.80. The third kappa shape index (κ3) is 2.58. The van der Waals surface area contributed by atoms with Crippen molar-refractivity contribution in [1.29, 1.82) is 0 Å². The molecule has 0 atom stereocenters. The summed E-state index contributed by atoms with van der Waals surface area (Å²) in [5.74, 6) is 0. The van der Waals surface area contributed by atoms with Crippen molar-refractivity contribution < 1.29 is 0 Å². The first-order valence-electron chi connectivity index (χ1n) is 3.72. The van der Waals surface area contributed by atoms with E-state index in [0.29, 0.717) is 0 Å². The Kier molecular flexibility index (Phi) is 4.46. The van der Waals surface area contributed by atoms with Crippen molar-refractivity contribution in [3.05, 3.63) is 23.5 Å². The SMILES string of the molecule is CC.NC1=CCCC=C1N. The van der Waals surface area contributed by atoms with E-state index in [-0.39, 0.29) is 0 Å². The number of allylic oxidation sites excluding steroid dienone is 2. The molecule has 0 heterocycles. The van der Waals surface area contributed by atoms with E-state index in [0.717, 1.165) is 24.2 Å². The Morgan fingerprint density at radius 3 is 1.50 bits per heavy atom. The van der Waals surface area contributed by atoms with Gasteiger partial charge in [-0.3, -0.25) is 0 Å². The fourth-order valence-corrected chi connectivity index (χ4v) is 0.713. The van der Waals surface area contributed by atoms with Crippen molar-refractivity contribution in [2.24, 2.45) is 11.5 Å². The molecule has 0 aromatic carbocycles. The second-order valence-electron chi connectivity index (χ2n) is 1.90. The fraction of sp³-hybridized carbons (Fsp3) is 0.500. The van der Waals surface area contributed by atoms with Gasteiger partial charge in [0.15, 0.2) is 0 Å². The summed E-state index contributed by atoms with van der Waals surface area (Å²) in [6, 6.07) is 0. The number of hydrogen-bond donors (Lipinski definition) is 2. The Labute approximate surface area is 62.6 Å². The van der Waals surface area contributed by atoms with Crippen LogP contribution >= 0.6 is 0 Å². The van der Waals surface area contributed by atoms with Crippen LogP contribution in [0.2, 0.25) is 0 Å². The molecule has 0 saturated carbocycles. The van der Waals surface area contributed by atoms with Crippen LogP contribution in [-0.2, 0) is 0 Å². The lowest BCUT2D eigenvalue weighted by atomic mass is 10.1. The second kappa shape index (κ2) is 4.91. The largest absolute Gasteiger partial charge is 0.397 e. The van der Waals surface area contributed by atoms with E-state index in [1.165, 1.54) is 0 Å². The minimum absolute atomic E-state index is 0.733. The van der Waals surface area contributed by atoms with E-state index in [9.17, 15) is 0 Å². The lowest BCUT2D eigenvalue weighted by Crippen LogP contribution is -2.11. The van der Waals surface area contributed by atoms with Gasteiger partial charge in [0.1, 0.15) is 0 Å². The minimum Gasteiger partial charge on any atom is -0.397 e. The first-order valence-corrected chi connectivity index (χ1v) is 3.72. The van der Waals surface area contributed by atoms with E-state index >= 15 is 0 Å². The van der Waals surface area contributed by atoms with Crippen LogP contribution in [0, 0.1) is 0 Å². The highest BCUT2D eigenvalue weighted by atomic mass is 14.7. The molecular weight excluding hydrogens is 124 g/mol. The summed E-state index contributed by atoms with van der Waals surface area (Å²) in [6.07, 6.45) is 5.98. The topological polar surface area (TPSA) is 52.0 Å². The fourth-order valence-electron chi connectivity index (χ4n) is 0.713. The van der Waals surface area contributed by atoms with Crippen molar-refractivity contribution >= 4 is 0 Å². The predicted octanol–water partition coefficient (Wildman–Crippen LogP) is 1.49. The summed E-state index contributed by atoms with van der Waals surface area (Å²) < 4.78 is 0. The van der Waals surface area contributed by atoms with Gasteiger partial charge in [-0.15, -0.1) is 0 Å². The van der Waals surface area contributed by atoms with Crippen molar-refractivity contribution in [3.63, 3.8) is 0 Å². The maximum Gasteiger partial charge on any atom is 0.0504 e. The smallest absolute Gasteiger partial charge is 0.0504 e. The van der Waals surface area contributed by atoms with Gasteiger partial charge in [-0.25, -0.2) is 0 Å². The maximum absolute atomic E-state index is 5.45. The molecule has 0 aliphatic heterocycles. The molecule has 10 heavy (non-hydrogen) atoms. The minimum atomic E-state index is 0.733. The molecule has 0 radical (unpaired) electrons. The molecule has 0 spiro atoms. The molecule has 0 aromatic rings. The van der Waals surface area contributed by atoms with E-state index in [2.05, 4.69) is 0 Å². The standard InChI is InChI=1S/C6H10N2.C2H6/c7-5-3-1-2-4-6(5)8;1-2/h3-4H,1-2,7-8H2;1-2H3. The zero-order chi connectivity index (χ0) is 7.98. The summed E-state index contributed by atoms with van der Waals surface area (Å²) in [5, 5.41) is 0.